The Morgan fingerprint density at radius 3 is 2.39 bits per heavy atom. The molecule has 0 radical (unpaired) electrons. The zero-order chi connectivity index (χ0) is 24.6. The van der Waals surface area contributed by atoms with Crippen molar-refractivity contribution in [3.63, 3.8) is 0 Å². The van der Waals surface area contributed by atoms with Crippen LogP contribution in [0.4, 0.5) is 0 Å². The number of aromatic nitrogens is 2. The number of benzene rings is 1. The summed E-state index contributed by atoms with van der Waals surface area (Å²) in [4.78, 5) is 21.4. The first-order valence-electron chi connectivity index (χ1n) is 14.8. The average Bonchev–Trinajstić information content (AvgIpc) is 3.23. The van der Waals surface area contributed by atoms with Crippen LogP contribution >= 0.6 is 0 Å². The van der Waals surface area contributed by atoms with E-state index in [4.69, 9.17) is 4.98 Å². The third-order valence-corrected chi connectivity index (χ3v) is 9.82. The first-order valence-corrected chi connectivity index (χ1v) is 14.8. The minimum atomic E-state index is -0.734. The molecule has 6 heteroatoms. The second-order valence-corrected chi connectivity index (χ2v) is 12.3. The van der Waals surface area contributed by atoms with E-state index in [1.165, 1.54) is 88.4 Å². The van der Waals surface area contributed by atoms with Gasteiger partial charge in [0.05, 0.1) is 17.6 Å². The molecule has 5 atom stereocenters. The van der Waals surface area contributed by atoms with Gasteiger partial charge in [0.2, 0.25) is 0 Å². The number of likely N-dealkylation sites (tertiary alicyclic amines) is 1. The third kappa shape index (κ3) is 4.71. The molecule has 0 amide bonds. The number of nitrogens with zero attached hydrogens (tertiary/aromatic N) is 4. The van der Waals surface area contributed by atoms with E-state index in [9.17, 15) is 9.90 Å². The Kier molecular flexibility index (Phi) is 7.09. The summed E-state index contributed by atoms with van der Waals surface area (Å²) in [5, 5.41) is 9.19. The van der Waals surface area contributed by atoms with E-state index >= 15 is 0 Å². The molecule has 0 spiro atoms. The number of piperidine rings is 2. The fourth-order valence-electron chi connectivity index (χ4n) is 8.27. The Hall–Kier alpha value is -1.92. The van der Waals surface area contributed by atoms with Gasteiger partial charge in [-0.15, -0.1) is 0 Å². The third-order valence-electron chi connectivity index (χ3n) is 9.82. The van der Waals surface area contributed by atoms with E-state index in [0.717, 1.165) is 30.6 Å². The lowest BCUT2D eigenvalue weighted by molar-refractivity contribution is -0.139. The number of fused-ring (bicyclic) bond motifs is 3. The molecule has 3 saturated heterocycles. The number of unbranched alkanes of at least 4 members (excludes halogenated alkanes) is 1. The highest BCUT2D eigenvalue weighted by atomic mass is 16.4. The summed E-state index contributed by atoms with van der Waals surface area (Å²) in [6.45, 7) is 4.09. The molecule has 4 fully saturated rings. The summed E-state index contributed by atoms with van der Waals surface area (Å²) in [5.41, 5.74) is 2.38. The van der Waals surface area contributed by atoms with Crippen LogP contribution in [0.3, 0.4) is 0 Å². The predicted octanol–water partition coefficient (Wildman–Crippen LogP) is 5.83. The van der Waals surface area contributed by atoms with E-state index < -0.39 is 5.97 Å². The fraction of sp³-hybridized carbons (Fsp3) is 0.733. The summed E-state index contributed by atoms with van der Waals surface area (Å²) in [6, 6.07) is 11.4. The van der Waals surface area contributed by atoms with E-state index in [1.807, 2.05) is 4.90 Å². The van der Waals surface area contributed by atoms with Crippen LogP contribution in [0.1, 0.15) is 102 Å². The van der Waals surface area contributed by atoms with Gasteiger partial charge in [-0.05, 0) is 56.6 Å². The number of carbonyl (C=O) groups is 1. The van der Waals surface area contributed by atoms with Crippen molar-refractivity contribution < 1.29 is 9.90 Å². The van der Waals surface area contributed by atoms with Crippen LogP contribution in [0.25, 0.3) is 11.0 Å². The van der Waals surface area contributed by atoms with Gasteiger partial charge in [-0.25, -0.2) is 4.98 Å². The molecule has 1 unspecified atom stereocenters. The number of carboxylic acids is 1. The van der Waals surface area contributed by atoms with E-state index in [2.05, 4.69) is 40.7 Å². The second-order valence-electron chi connectivity index (χ2n) is 12.3. The minimum absolute atomic E-state index is 0.139. The lowest BCUT2D eigenvalue weighted by Crippen LogP contribution is -2.57. The molecule has 6 nitrogen and oxygen atoms in total. The zero-order valence-corrected chi connectivity index (χ0v) is 22.0. The van der Waals surface area contributed by atoms with Gasteiger partial charge in [0.15, 0.2) is 0 Å². The van der Waals surface area contributed by atoms with E-state index in [1.54, 1.807) is 0 Å². The summed E-state index contributed by atoms with van der Waals surface area (Å²) in [7, 11) is 0. The van der Waals surface area contributed by atoms with Crippen molar-refractivity contribution in [2.45, 2.75) is 114 Å². The number of aliphatic carboxylic acids is 1. The molecule has 6 rings (SSSR count). The molecule has 4 heterocycles. The molecular formula is C30H44N4O2. The summed E-state index contributed by atoms with van der Waals surface area (Å²) >= 11 is 0. The van der Waals surface area contributed by atoms with Crippen LogP contribution in [-0.4, -0.2) is 68.2 Å². The molecule has 1 aliphatic carbocycles. The highest BCUT2D eigenvalue weighted by molar-refractivity contribution is 5.76. The molecule has 1 aromatic carbocycles. The van der Waals surface area contributed by atoms with Crippen molar-refractivity contribution in [3.8, 4) is 0 Å². The van der Waals surface area contributed by atoms with Crippen LogP contribution in [0.2, 0.25) is 0 Å². The highest BCUT2D eigenvalue weighted by Crippen LogP contribution is 2.46. The summed E-state index contributed by atoms with van der Waals surface area (Å²) in [5.74, 6) is 1.75. The first kappa shape index (κ1) is 24.4. The van der Waals surface area contributed by atoms with Crippen LogP contribution in [0.15, 0.2) is 24.3 Å². The van der Waals surface area contributed by atoms with Crippen molar-refractivity contribution in [2.75, 3.05) is 19.6 Å². The molecule has 4 aliphatic rings. The monoisotopic (exact) mass is 492 g/mol. The lowest BCUT2D eigenvalue weighted by atomic mass is 9.76. The van der Waals surface area contributed by atoms with Crippen molar-refractivity contribution in [3.05, 3.63) is 30.1 Å². The Balaban J connectivity index is 1.23. The average molecular weight is 493 g/mol. The quantitative estimate of drug-likeness (QED) is 0.503. The number of imidazole rings is 1. The summed E-state index contributed by atoms with van der Waals surface area (Å²) in [6.07, 6.45) is 16.4. The van der Waals surface area contributed by atoms with Crippen molar-refractivity contribution >= 4 is 17.0 Å². The molecule has 1 N–H and O–H groups in total. The zero-order valence-electron chi connectivity index (χ0n) is 22.0. The molecule has 1 saturated carbocycles. The van der Waals surface area contributed by atoms with Gasteiger partial charge in [0.1, 0.15) is 5.82 Å². The molecule has 2 bridgehead atoms. The van der Waals surface area contributed by atoms with Crippen molar-refractivity contribution in [1.82, 2.24) is 19.4 Å². The van der Waals surface area contributed by atoms with Gasteiger partial charge in [-0.3, -0.25) is 14.6 Å². The van der Waals surface area contributed by atoms with Gasteiger partial charge in [-0.2, -0.15) is 0 Å². The predicted molar refractivity (Wildman–Crippen MR) is 143 cm³/mol. The maximum absolute atomic E-state index is 11.2. The lowest BCUT2D eigenvalue weighted by Gasteiger charge is -2.54. The molecule has 36 heavy (non-hydrogen) atoms. The van der Waals surface area contributed by atoms with Gasteiger partial charge in [-0.1, -0.05) is 57.6 Å². The highest BCUT2D eigenvalue weighted by Gasteiger charge is 2.44. The number of rotatable bonds is 8. The van der Waals surface area contributed by atoms with Crippen molar-refractivity contribution in [2.24, 2.45) is 5.92 Å². The smallest absolute Gasteiger partial charge is 0.317 e. The number of carboxylic acid groups (broad SMARTS) is 1. The Bertz CT molecular complexity index is 1050. The molecule has 196 valence electrons. The van der Waals surface area contributed by atoms with Gasteiger partial charge in [0, 0.05) is 43.2 Å². The van der Waals surface area contributed by atoms with Crippen molar-refractivity contribution in [1.29, 1.82) is 0 Å². The number of para-hydroxylation sites is 2. The molecular weight excluding hydrogens is 448 g/mol. The van der Waals surface area contributed by atoms with Crippen LogP contribution in [0.5, 0.6) is 0 Å². The number of hydrogen-bond acceptors (Lipinski definition) is 4. The van der Waals surface area contributed by atoms with E-state index in [0.29, 0.717) is 24.0 Å². The second kappa shape index (κ2) is 10.4. The molecule has 1 aromatic heterocycles. The normalized spacial score (nSPS) is 32.0. The Labute approximate surface area is 216 Å². The van der Waals surface area contributed by atoms with E-state index in [-0.39, 0.29) is 6.54 Å². The summed E-state index contributed by atoms with van der Waals surface area (Å²) < 4.78 is 2.60. The number of hydrogen-bond donors (Lipinski definition) is 1. The maximum atomic E-state index is 11.2. The minimum Gasteiger partial charge on any atom is -0.480 e. The van der Waals surface area contributed by atoms with Gasteiger partial charge < -0.3 is 9.67 Å². The standard InChI is InChI=1S/C30H44N4O2/c1-2-3-8-21-9-6-10-23(15-21)33-24-11-7-12-25(33)17-26(16-24)34-28-14-5-4-13-27(28)31-30(34)22-18-32(19-22)20-29(35)36/h4-5,13-14,21-26H,2-3,6-12,15-20H2,1H3,(H,35,36)/t21-,23+,24-,25+,26?/m0/s1. The van der Waals surface area contributed by atoms with Crippen LogP contribution in [0, 0.1) is 5.92 Å². The van der Waals surface area contributed by atoms with Crippen LogP contribution < -0.4 is 0 Å². The topological polar surface area (TPSA) is 61.6 Å². The van der Waals surface area contributed by atoms with Crippen LogP contribution in [-0.2, 0) is 4.79 Å². The SMILES string of the molecule is CCCC[C@H]1CCC[C@@H](N2[C@@H]3CCC[C@H]2CC(n2c(C4CN(CC(=O)O)C4)nc4ccccc42)C3)C1. The molecule has 3 aliphatic heterocycles. The maximum Gasteiger partial charge on any atom is 0.317 e. The Morgan fingerprint density at radius 2 is 1.67 bits per heavy atom. The van der Waals surface area contributed by atoms with Gasteiger partial charge in [0.25, 0.3) is 0 Å². The largest absolute Gasteiger partial charge is 0.480 e. The first-order chi connectivity index (χ1) is 17.6. The van der Waals surface area contributed by atoms with Gasteiger partial charge >= 0.3 is 5.97 Å². The Morgan fingerprint density at radius 1 is 0.972 bits per heavy atom. The molecule has 2 aromatic rings. The fourth-order valence-corrected chi connectivity index (χ4v) is 8.27.